The van der Waals surface area contributed by atoms with Gasteiger partial charge in [0.05, 0.1) is 26.3 Å². The highest BCUT2D eigenvalue weighted by Crippen LogP contribution is 2.37. The van der Waals surface area contributed by atoms with Gasteiger partial charge in [-0.25, -0.2) is 9.18 Å². The van der Waals surface area contributed by atoms with Crippen LogP contribution in [0.4, 0.5) is 14.9 Å². The van der Waals surface area contributed by atoms with Crippen LogP contribution in [0.25, 0.3) is 10.9 Å². The lowest BCUT2D eigenvalue weighted by molar-refractivity contribution is 0.201. The molecule has 1 amide bonds. The van der Waals surface area contributed by atoms with Gasteiger partial charge in [0.25, 0.3) is 0 Å². The van der Waals surface area contributed by atoms with E-state index in [1.54, 1.807) is 75.0 Å². The topological polar surface area (TPSA) is 90.4 Å². The first-order chi connectivity index (χ1) is 17.5. The van der Waals surface area contributed by atoms with Gasteiger partial charge >= 0.3 is 6.09 Å². The number of pyridine rings is 1. The van der Waals surface area contributed by atoms with Gasteiger partial charge < -0.3 is 24.1 Å². The Morgan fingerprint density at radius 1 is 0.944 bits per heavy atom. The zero-order valence-electron chi connectivity index (χ0n) is 19.8. The first kappa shape index (κ1) is 24.6. The maximum atomic E-state index is 13.3. The minimum absolute atomic E-state index is 0.210. The number of hydrogen-bond acceptors (Lipinski definition) is 6. The van der Waals surface area contributed by atoms with Gasteiger partial charge in [0.15, 0.2) is 11.5 Å². The summed E-state index contributed by atoms with van der Waals surface area (Å²) in [4.78, 5) is 17.4. The zero-order valence-corrected chi connectivity index (χ0v) is 19.8. The smallest absolute Gasteiger partial charge is 0.411 e. The summed E-state index contributed by atoms with van der Waals surface area (Å²) in [5, 5.41) is 10.4. The SMILES string of the molecule is COc1cc2nccc(Oc3ccc(N(CCCOc4cccc(F)c4)C(=O)O)cc3)c2cc1OC. The van der Waals surface area contributed by atoms with Crippen molar-refractivity contribution < 1.29 is 33.2 Å². The molecule has 0 aliphatic carbocycles. The standard InChI is InChI=1S/C27H25FN2O6/c1-33-25-16-22-23(17-26(25)34-2)29-12-11-24(22)36-20-9-7-19(8-10-20)30(27(31)32)13-4-14-35-21-6-3-5-18(28)15-21/h3,5-12,15-17H,4,13-14H2,1-2H3,(H,31,32). The predicted molar refractivity (Wildman–Crippen MR) is 133 cm³/mol. The fraction of sp³-hybridized carbons (Fsp3) is 0.185. The highest BCUT2D eigenvalue weighted by atomic mass is 19.1. The monoisotopic (exact) mass is 492 g/mol. The van der Waals surface area contributed by atoms with Gasteiger partial charge in [-0.15, -0.1) is 0 Å². The number of ether oxygens (including phenoxy) is 4. The minimum Gasteiger partial charge on any atom is -0.493 e. The molecule has 1 aromatic heterocycles. The molecule has 186 valence electrons. The quantitative estimate of drug-likeness (QED) is 0.266. The third kappa shape index (κ3) is 5.75. The first-order valence-corrected chi connectivity index (χ1v) is 11.2. The summed E-state index contributed by atoms with van der Waals surface area (Å²) < 4.78 is 35.5. The number of nitrogens with zero attached hydrogens (tertiary/aromatic N) is 2. The fourth-order valence-electron chi connectivity index (χ4n) is 3.66. The second-order valence-corrected chi connectivity index (χ2v) is 7.72. The van der Waals surface area contributed by atoms with Crippen LogP contribution in [0.3, 0.4) is 0 Å². The molecule has 36 heavy (non-hydrogen) atoms. The van der Waals surface area contributed by atoms with E-state index in [4.69, 9.17) is 18.9 Å². The largest absolute Gasteiger partial charge is 0.493 e. The molecule has 0 radical (unpaired) electrons. The molecule has 0 saturated heterocycles. The van der Waals surface area contributed by atoms with Crippen molar-refractivity contribution >= 4 is 22.7 Å². The van der Waals surface area contributed by atoms with E-state index in [2.05, 4.69) is 4.98 Å². The molecule has 3 aromatic carbocycles. The molecule has 1 heterocycles. The Bertz CT molecular complexity index is 1350. The van der Waals surface area contributed by atoms with E-state index < -0.39 is 6.09 Å². The summed E-state index contributed by atoms with van der Waals surface area (Å²) in [6.07, 6.45) is 0.973. The summed E-state index contributed by atoms with van der Waals surface area (Å²) in [5.41, 5.74) is 1.17. The Morgan fingerprint density at radius 2 is 1.69 bits per heavy atom. The average molecular weight is 493 g/mol. The van der Waals surface area contributed by atoms with Crippen LogP contribution in [-0.2, 0) is 0 Å². The molecule has 0 spiro atoms. The number of aromatic nitrogens is 1. The van der Waals surface area contributed by atoms with Crippen molar-refractivity contribution in [3.63, 3.8) is 0 Å². The molecular weight excluding hydrogens is 467 g/mol. The second kappa shape index (κ2) is 11.3. The van der Waals surface area contributed by atoms with Crippen LogP contribution >= 0.6 is 0 Å². The average Bonchev–Trinajstić information content (AvgIpc) is 2.88. The molecule has 9 heteroatoms. The summed E-state index contributed by atoms with van der Waals surface area (Å²) in [6, 6.07) is 17.9. The molecule has 0 unspecified atom stereocenters. The number of benzene rings is 3. The first-order valence-electron chi connectivity index (χ1n) is 11.2. The molecule has 0 atom stereocenters. The van der Waals surface area contributed by atoms with Crippen molar-refractivity contribution in [1.29, 1.82) is 0 Å². The van der Waals surface area contributed by atoms with Gasteiger partial charge in [0.1, 0.15) is 23.1 Å². The number of carbonyl (C=O) groups is 1. The van der Waals surface area contributed by atoms with Crippen LogP contribution in [0.15, 0.2) is 72.9 Å². The molecular formula is C27H25FN2O6. The number of methoxy groups -OCH3 is 2. The maximum absolute atomic E-state index is 13.3. The van der Waals surface area contributed by atoms with Gasteiger partial charge in [-0.1, -0.05) is 6.07 Å². The number of amides is 1. The molecule has 1 N–H and O–H groups in total. The minimum atomic E-state index is -1.09. The van der Waals surface area contributed by atoms with Crippen molar-refractivity contribution in [3.8, 4) is 28.7 Å². The van der Waals surface area contributed by atoms with E-state index in [0.717, 1.165) is 5.39 Å². The number of anilines is 1. The fourth-order valence-corrected chi connectivity index (χ4v) is 3.66. The van der Waals surface area contributed by atoms with E-state index in [9.17, 15) is 14.3 Å². The van der Waals surface area contributed by atoms with Crippen molar-refractivity contribution in [2.24, 2.45) is 0 Å². The molecule has 0 aliphatic heterocycles. The summed E-state index contributed by atoms with van der Waals surface area (Å²) in [7, 11) is 3.12. The van der Waals surface area contributed by atoms with Crippen LogP contribution in [0.5, 0.6) is 28.7 Å². The number of fused-ring (bicyclic) bond motifs is 1. The maximum Gasteiger partial charge on any atom is 0.411 e. The highest BCUT2D eigenvalue weighted by Gasteiger charge is 2.15. The highest BCUT2D eigenvalue weighted by molar-refractivity contribution is 5.88. The van der Waals surface area contributed by atoms with Crippen LogP contribution in [-0.4, -0.2) is 43.6 Å². The van der Waals surface area contributed by atoms with E-state index in [-0.39, 0.29) is 19.0 Å². The van der Waals surface area contributed by atoms with E-state index in [0.29, 0.717) is 46.4 Å². The van der Waals surface area contributed by atoms with Gasteiger partial charge in [-0.05, 0) is 55.0 Å². The second-order valence-electron chi connectivity index (χ2n) is 7.72. The Kier molecular flexibility index (Phi) is 7.69. The molecule has 0 aliphatic rings. The van der Waals surface area contributed by atoms with Crippen LogP contribution in [0.1, 0.15) is 6.42 Å². The lowest BCUT2D eigenvalue weighted by Gasteiger charge is -2.20. The Balaban J connectivity index is 1.43. The van der Waals surface area contributed by atoms with Crippen LogP contribution in [0, 0.1) is 5.82 Å². The van der Waals surface area contributed by atoms with E-state index in [1.807, 2.05) is 0 Å². The van der Waals surface area contributed by atoms with Gasteiger partial charge in [0.2, 0.25) is 0 Å². The van der Waals surface area contributed by atoms with Crippen molar-refractivity contribution in [2.75, 3.05) is 32.3 Å². The molecule has 0 fully saturated rings. The lowest BCUT2D eigenvalue weighted by Crippen LogP contribution is -2.31. The number of hydrogen-bond donors (Lipinski definition) is 1. The van der Waals surface area contributed by atoms with Crippen LogP contribution < -0.4 is 23.8 Å². The zero-order chi connectivity index (χ0) is 25.5. The molecule has 8 nitrogen and oxygen atoms in total. The summed E-state index contributed by atoms with van der Waals surface area (Å²) >= 11 is 0. The van der Waals surface area contributed by atoms with E-state index in [1.165, 1.54) is 17.0 Å². The van der Waals surface area contributed by atoms with Crippen molar-refractivity contribution in [2.45, 2.75) is 6.42 Å². The predicted octanol–water partition coefficient (Wildman–Crippen LogP) is 6.14. The Labute approximate surface area is 207 Å². The summed E-state index contributed by atoms with van der Waals surface area (Å²) in [5.74, 6) is 2.23. The normalized spacial score (nSPS) is 10.6. The number of rotatable bonds is 10. The third-order valence-corrected chi connectivity index (χ3v) is 5.40. The summed E-state index contributed by atoms with van der Waals surface area (Å²) in [6.45, 7) is 0.458. The molecule has 4 rings (SSSR count). The Morgan fingerprint density at radius 3 is 2.39 bits per heavy atom. The number of halogens is 1. The molecule has 0 bridgehead atoms. The number of carboxylic acid groups (broad SMARTS) is 1. The van der Waals surface area contributed by atoms with Gasteiger partial charge in [-0.2, -0.15) is 0 Å². The molecule has 0 saturated carbocycles. The van der Waals surface area contributed by atoms with Crippen molar-refractivity contribution in [1.82, 2.24) is 4.98 Å². The van der Waals surface area contributed by atoms with Gasteiger partial charge in [-0.3, -0.25) is 9.88 Å². The third-order valence-electron chi connectivity index (χ3n) is 5.40. The Hall–Kier alpha value is -4.53. The lowest BCUT2D eigenvalue weighted by atomic mass is 10.2. The van der Waals surface area contributed by atoms with E-state index >= 15 is 0 Å². The van der Waals surface area contributed by atoms with Crippen LogP contribution in [0.2, 0.25) is 0 Å². The molecule has 4 aromatic rings. The van der Waals surface area contributed by atoms with Gasteiger partial charge in [0, 0.05) is 35.9 Å². The van der Waals surface area contributed by atoms with Crippen molar-refractivity contribution in [3.05, 3.63) is 78.7 Å².